The predicted molar refractivity (Wildman–Crippen MR) is 72.7 cm³/mol. The monoisotopic (exact) mass is 244 g/mol. The van der Waals surface area contributed by atoms with Gasteiger partial charge in [0.2, 0.25) is 0 Å². The fourth-order valence-corrected chi connectivity index (χ4v) is 2.13. The Labute approximate surface area is 108 Å². The molecule has 3 heteroatoms. The van der Waals surface area contributed by atoms with Crippen LogP contribution in [0.4, 0.5) is 0 Å². The van der Waals surface area contributed by atoms with Gasteiger partial charge in [0.1, 0.15) is 6.26 Å². The highest BCUT2D eigenvalue weighted by atomic mass is 16.3. The smallest absolute Gasteiger partial charge is 0.191 e. The summed E-state index contributed by atoms with van der Waals surface area (Å²) in [7, 11) is 1.96. The van der Waals surface area contributed by atoms with Gasteiger partial charge in [0.15, 0.2) is 5.89 Å². The molecule has 1 N–H and O–H groups in total. The van der Waals surface area contributed by atoms with E-state index in [1.165, 1.54) is 16.7 Å². The van der Waals surface area contributed by atoms with Gasteiger partial charge in [-0.05, 0) is 38.4 Å². The van der Waals surface area contributed by atoms with Gasteiger partial charge < -0.3 is 9.73 Å². The van der Waals surface area contributed by atoms with Crippen LogP contribution in [0.25, 0.3) is 0 Å². The minimum atomic E-state index is 0.197. The Morgan fingerprint density at radius 1 is 1.28 bits per heavy atom. The number of nitrogens with zero attached hydrogens (tertiary/aromatic N) is 1. The van der Waals surface area contributed by atoms with Crippen LogP contribution in [-0.4, -0.2) is 12.0 Å². The van der Waals surface area contributed by atoms with Crippen LogP contribution in [0.5, 0.6) is 0 Å². The molecule has 0 saturated carbocycles. The molecule has 2 rings (SSSR count). The molecule has 1 heterocycles. The number of aryl methyl sites for hydroxylation is 3. The number of likely N-dealkylation sites (N-methyl/N-ethyl adjacent to an activating group) is 1. The largest absolute Gasteiger partial charge is 0.449 e. The van der Waals surface area contributed by atoms with Crippen LogP contribution in [-0.2, 0) is 6.42 Å². The van der Waals surface area contributed by atoms with Crippen LogP contribution >= 0.6 is 0 Å². The first-order valence-electron chi connectivity index (χ1n) is 6.25. The topological polar surface area (TPSA) is 38.1 Å². The summed E-state index contributed by atoms with van der Waals surface area (Å²) in [5.74, 6) is 0.714. The minimum Gasteiger partial charge on any atom is -0.449 e. The van der Waals surface area contributed by atoms with Crippen LogP contribution < -0.4 is 5.32 Å². The third kappa shape index (κ3) is 2.79. The predicted octanol–water partition coefficient (Wildman–Crippen LogP) is 3.10. The molecule has 1 aromatic heterocycles. The maximum atomic E-state index is 5.29. The second-order valence-electron chi connectivity index (χ2n) is 4.77. The Balaban J connectivity index is 2.22. The molecule has 0 amide bonds. The summed E-state index contributed by atoms with van der Waals surface area (Å²) in [6, 6.07) is 6.76. The van der Waals surface area contributed by atoms with Crippen molar-refractivity contribution in [3.8, 4) is 0 Å². The molecule has 0 aliphatic rings. The zero-order valence-corrected chi connectivity index (χ0v) is 11.4. The normalized spacial score (nSPS) is 12.7. The van der Waals surface area contributed by atoms with E-state index in [4.69, 9.17) is 4.42 Å². The number of benzene rings is 1. The Morgan fingerprint density at radius 3 is 2.67 bits per heavy atom. The molecule has 1 unspecified atom stereocenters. The lowest BCUT2D eigenvalue weighted by Crippen LogP contribution is -2.19. The Hall–Kier alpha value is -1.61. The number of oxazole rings is 1. The third-order valence-corrected chi connectivity index (χ3v) is 3.27. The number of nitrogens with one attached hydrogen (secondary N) is 1. The molecule has 0 spiro atoms. The second-order valence-corrected chi connectivity index (χ2v) is 4.77. The maximum absolute atomic E-state index is 5.29. The number of aromatic nitrogens is 1. The highest BCUT2D eigenvalue weighted by Crippen LogP contribution is 2.20. The fraction of sp³-hybridized carbons (Fsp3) is 0.400. The van der Waals surface area contributed by atoms with E-state index < -0.39 is 0 Å². The van der Waals surface area contributed by atoms with E-state index in [1.54, 1.807) is 6.26 Å². The van der Waals surface area contributed by atoms with Crippen LogP contribution in [0.3, 0.4) is 0 Å². The summed E-state index contributed by atoms with van der Waals surface area (Å²) in [5.41, 5.74) is 4.94. The molecular weight excluding hydrogens is 224 g/mol. The van der Waals surface area contributed by atoms with E-state index in [2.05, 4.69) is 42.3 Å². The van der Waals surface area contributed by atoms with Gasteiger partial charge in [0.25, 0.3) is 0 Å². The van der Waals surface area contributed by atoms with Crippen molar-refractivity contribution in [2.24, 2.45) is 0 Å². The summed E-state index contributed by atoms with van der Waals surface area (Å²) in [6.45, 7) is 6.14. The van der Waals surface area contributed by atoms with Gasteiger partial charge in [-0.2, -0.15) is 0 Å². The molecule has 1 atom stereocenters. The molecule has 0 aliphatic carbocycles. The van der Waals surface area contributed by atoms with Crippen LogP contribution in [0.1, 0.15) is 34.3 Å². The SMILES string of the molecule is CNC(Cc1cc(C)ccc1C)c1coc(C)n1. The maximum Gasteiger partial charge on any atom is 0.191 e. The van der Waals surface area contributed by atoms with Crippen molar-refractivity contribution in [1.29, 1.82) is 0 Å². The van der Waals surface area contributed by atoms with Crippen molar-refractivity contribution in [1.82, 2.24) is 10.3 Å². The van der Waals surface area contributed by atoms with Crippen LogP contribution in [0.15, 0.2) is 28.9 Å². The van der Waals surface area contributed by atoms with Gasteiger partial charge in [-0.25, -0.2) is 4.98 Å². The van der Waals surface area contributed by atoms with Gasteiger partial charge in [-0.3, -0.25) is 0 Å². The summed E-state index contributed by atoms with van der Waals surface area (Å²) >= 11 is 0. The Bertz CT molecular complexity index is 531. The van der Waals surface area contributed by atoms with Gasteiger partial charge in [-0.1, -0.05) is 23.8 Å². The second kappa shape index (κ2) is 5.36. The van der Waals surface area contributed by atoms with E-state index in [0.717, 1.165) is 12.1 Å². The van der Waals surface area contributed by atoms with E-state index in [1.807, 2.05) is 14.0 Å². The van der Waals surface area contributed by atoms with Crippen molar-refractivity contribution >= 4 is 0 Å². The van der Waals surface area contributed by atoms with Crippen molar-refractivity contribution in [2.45, 2.75) is 33.2 Å². The van der Waals surface area contributed by atoms with E-state index in [9.17, 15) is 0 Å². The lowest BCUT2D eigenvalue weighted by Gasteiger charge is -2.15. The summed E-state index contributed by atoms with van der Waals surface area (Å²) in [5, 5.41) is 3.30. The lowest BCUT2D eigenvalue weighted by molar-refractivity contribution is 0.516. The lowest BCUT2D eigenvalue weighted by atomic mass is 9.98. The first kappa shape index (κ1) is 12.8. The van der Waals surface area contributed by atoms with Crippen molar-refractivity contribution in [2.75, 3.05) is 7.05 Å². The Kier molecular flexibility index (Phi) is 3.82. The van der Waals surface area contributed by atoms with Gasteiger partial charge in [0.05, 0.1) is 11.7 Å². The van der Waals surface area contributed by atoms with Gasteiger partial charge in [-0.15, -0.1) is 0 Å². The molecule has 0 radical (unpaired) electrons. The number of rotatable bonds is 4. The van der Waals surface area contributed by atoms with Gasteiger partial charge >= 0.3 is 0 Å². The minimum absolute atomic E-state index is 0.197. The molecule has 18 heavy (non-hydrogen) atoms. The fourth-order valence-electron chi connectivity index (χ4n) is 2.13. The van der Waals surface area contributed by atoms with Crippen LogP contribution in [0, 0.1) is 20.8 Å². The number of hydrogen-bond acceptors (Lipinski definition) is 3. The molecule has 2 aromatic rings. The first-order chi connectivity index (χ1) is 8.60. The third-order valence-electron chi connectivity index (χ3n) is 3.27. The molecular formula is C15H20N2O. The molecule has 0 bridgehead atoms. The summed E-state index contributed by atoms with van der Waals surface area (Å²) in [4.78, 5) is 4.40. The molecule has 0 fully saturated rings. The molecule has 96 valence electrons. The van der Waals surface area contributed by atoms with E-state index >= 15 is 0 Å². The standard InChI is InChI=1S/C15H20N2O/c1-10-5-6-11(2)13(7-10)8-14(16-4)15-9-18-12(3)17-15/h5-7,9,14,16H,8H2,1-4H3. The number of hydrogen-bond donors (Lipinski definition) is 1. The summed E-state index contributed by atoms with van der Waals surface area (Å²) in [6.07, 6.45) is 2.66. The van der Waals surface area contributed by atoms with Crippen molar-refractivity contribution in [3.63, 3.8) is 0 Å². The van der Waals surface area contributed by atoms with Gasteiger partial charge in [0, 0.05) is 6.92 Å². The van der Waals surface area contributed by atoms with Crippen LogP contribution in [0.2, 0.25) is 0 Å². The summed E-state index contributed by atoms with van der Waals surface area (Å²) < 4.78 is 5.29. The quantitative estimate of drug-likeness (QED) is 0.898. The van der Waals surface area contributed by atoms with E-state index in [-0.39, 0.29) is 6.04 Å². The van der Waals surface area contributed by atoms with E-state index in [0.29, 0.717) is 5.89 Å². The average Bonchev–Trinajstić information content (AvgIpc) is 2.77. The zero-order chi connectivity index (χ0) is 13.1. The highest BCUT2D eigenvalue weighted by Gasteiger charge is 2.15. The highest BCUT2D eigenvalue weighted by molar-refractivity contribution is 5.31. The van der Waals surface area contributed by atoms with Crippen molar-refractivity contribution < 1.29 is 4.42 Å². The molecule has 0 aliphatic heterocycles. The zero-order valence-electron chi connectivity index (χ0n) is 11.4. The first-order valence-corrected chi connectivity index (χ1v) is 6.25. The molecule has 1 aromatic carbocycles. The average molecular weight is 244 g/mol. The molecule has 0 saturated heterocycles. The Morgan fingerprint density at radius 2 is 2.06 bits per heavy atom. The molecule has 3 nitrogen and oxygen atoms in total. The van der Waals surface area contributed by atoms with Crippen molar-refractivity contribution in [3.05, 3.63) is 52.7 Å².